The van der Waals surface area contributed by atoms with Gasteiger partial charge in [-0.3, -0.25) is 14.5 Å². The highest BCUT2D eigenvalue weighted by Crippen LogP contribution is 2.46. The SMILES string of the molecule is COc1ccc([C@@H]2[C@H](C(=O)N3CCN(c4ccccn4)CC3)c3ccccc3C(=O)N2c2ccc(OC)cc2)cc1. The number of pyridine rings is 1. The second-order valence-electron chi connectivity index (χ2n) is 10.2. The van der Waals surface area contributed by atoms with Gasteiger partial charge in [0.2, 0.25) is 5.91 Å². The fraction of sp³-hybridized carbons (Fsp3) is 0.242. The number of ether oxygens (including phenoxy) is 2. The number of fused-ring (bicyclic) bond motifs is 1. The molecule has 1 fully saturated rings. The molecule has 0 radical (unpaired) electrons. The van der Waals surface area contributed by atoms with Gasteiger partial charge in [-0.05, 0) is 65.7 Å². The zero-order valence-electron chi connectivity index (χ0n) is 23.1. The molecule has 0 N–H and O–H groups in total. The summed E-state index contributed by atoms with van der Waals surface area (Å²) in [4.78, 5) is 39.1. The Bertz CT molecular complexity index is 1520. The number of nitrogens with zero attached hydrogens (tertiary/aromatic N) is 4. The number of anilines is 2. The van der Waals surface area contributed by atoms with E-state index in [1.165, 1.54) is 0 Å². The van der Waals surface area contributed by atoms with Crippen molar-refractivity contribution in [3.63, 3.8) is 0 Å². The van der Waals surface area contributed by atoms with Gasteiger partial charge in [-0.15, -0.1) is 0 Å². The van der Waals surface area contributed by atoms with Crippen LogP contribution in [0, 0.1) is 0 Å². The molecular weight excluding hydrogens is 516 g/mol. The summed E-state index contributed by atoms with van der Waals surface area (Å²) in [6.45, 7) is 2.51. The number of methoxy groups -OCH3 is 2. The van der Waals surface area contributed by atoms with Crippen LogP contribution in [0.15, 0.2) is 97.2 Å². The van der Waals surface area contributed by atoms with Crippen LogP contribution in [-0.4, -0.2) is 62.1 Å². The van der Waals surface area contributed by atoms with Gasteiger partial charge in [0.15, 0.2) is 0 Å². The monoisotopic (exact) mass is 548 g/mol. The average molecular weight is 549 g/mol. The molecule has 0 saturated carbocycles. The molecule has 1 saturated heterocycles. The Labute approximate surface area is 239 Å². The molecule has 8 nitrogen and oxygen atoms in total. The average Bonchev–Trinajstić information content (AvgIpc) is 3.05. The van der Waals surface area contributed by atoms with Crippen molar-refractivity contribution in [1.29, 1.82) is 0 Å². The number of benzene rings is 3. The second-order valence-corrected chi connectivity index (χ2v) is 10.2. The van der Waals surface area contributed by atoms with Gasteiger partial charge in [0.1, 0.15) is 17.3 Å². The summed E-state index contributed by atoms with van der Waals surface area (Å²) in [5, 5.41) is 0. The molecule has 8 heteroatoms. The molecule has 3 aromatic carbocycles. The van der Waals surface area contributed by atoms with E-state index < -0.39 is 12.0 Å². The lowest BCUT2D eigenvalue weighted by Crippen LogP contribution is -2.53. The third-order valence-corrected chi connectivity index (χ3v) is 7.98. The van der Waals surface area contributed by atoms with Crippen LogP contribution < -0.4 is 19.3 Å². The van der Waals surface area contributed by atoms with Crippen LogP contribution in [0.5, 0.6) is 11.5 Å². The number of amides is 2. The highest BCUT2D eigenvalue weighted by molar-refractivity contribution is 6.11. The summed E-state index contributed by atoms with van der Waals surface area (Å²) >= 11 is 0. The van der Waals surface area contributed by atoms with Crippen molar-refractivity contribution in [2.45, 2.75) is 12.0 Å². The van der Waals surface area contributed by atoms with Gasteiger partial charge >= 0.3 is 0 Å². The first-order chi connectivity index (χ1) is 20.1. The molecule has 4 aromatic rings. The minimum atomic E-state index is -0.596. The molecule has 0 aliphatic carbocycles. The number of hydrogen-bond acceptors (Lipinski definition) is 6. The summed E-state index contributed by atoms with van der Waals surface area (Å²) in [5.41, 5.74) is 2.85. The second kappa shape index (κ2) is 11.3. The van der Waals surface area contributed by atoms with Crippen LogP contribution in [-0.2, 0) is 4.79 Å². The normalized spacial score (nSPS) is 18.6. The zero-order valence-corrected chi connectivity index (χ0v) is 23.1. The van der Waals surface area contributed by atoms with E-state index in [2.05, 4.69) is 9.88 Å². The predicted octanol–water partition coefficient (Wildman–Crippen LogP) is 4.93. The molecule has 2 atom stereocenters. The topological polar surface area (TPSA) is 75.2 Å². The summed E-state index contributed by atoms with van der Waals surface area (Å²) < 4.78 is 10.8. The van der Waals surface area contributed by atoms with Crippen molar-refractivity contribution in [3.8, 4) is 11.5 Å². The van der Waals surface area contributed by atoms with Crippen LogP contribution in [0.25, 0.3) is 0 Å². The van der Waals surface area contributed by atoms with Gasteiger partial charge in [0.25, 0.3) is 5.91 Å². The quantitative estimate of drug-likeness (QED) is 0.340. The molecule has 0 bridgehead atoms. The fourth-order valence-corrected chi connectivity index (χ4v) is 5.86. The molecule has 3 heterocycles. The number of rotatable bonds is 6. The molecule has 0 spiro atoms. The van der Waals surface area contributed by atoms with Crippen molar-refractivity contribution in [2.24, 2.45) is 0 Å². The lowest BCUT2D eigenvalue weighted by atomic mass is 9.78. The summed E-state index contributed by atoms with van der Waals surface area (Å²) in [6.07, 6.45) is 1.79. The molecule has 6 rings (SSSR count). The van der Waals surface area contributed by atoms with E-state index in [1.807, 2.05) is 95.9 Å². The van der Waals surface area contributed by atoms with E-state index >= 15 is 0 Å². The van der Waals surface area contributed by atoms with Crippen molar-refractivity contribution in [2.75, 3.05) is 50.2 Å². The Morgan fingerprint density at radius 3 is 2.05 bits per heavy atom. The Kier molecular flexibility index (Phi) is 7.29. The smallest absolute Gasteiger partial charge is 0.259 e. The molecule has 208 valence electrons. The minimum absolute atomic E-state index is 0.00458. The number of piperazine rings is 1. The molecule has 41 heavy (non-hydrogen) atoms. The van der Waals surface area contributed by atoms with Gasteiger partial charge in [-0.2, -0.15) is 0 Å². The summed E-state index contributed by atoms with van der Waals surface area (Å²) in [7, 11) is 3.23. The predicted molar refractivity (Wildman–Crippen MR) is 158 cm³/mol. The van der Waals surface area contributed by atoms with E-state index in [0.29, 0.717) is 48.9 Å². The van der Waals surface area contributed by atoms with Crippen LogP contribution in [0.3, 0.4) is 0 Å². The fourth-order valence-electron chi connectivity index (χ4n) is 5.86. The molecule has 2 aliphatic rings. The van der Waals surface area contributed by atoms with Crippen LogP contribution >= 0.6 is 0 Å². The maximum atomic E-state index is 14.6. The third kappa shape index (κ3) is 4.97. The van der Waals surface area contributed by atoms with Crippen molar-refractivity contribution in [1.82, 2.24) is 9.88 Å². The van der Waals surface area contributed by atoms with Crippen LogP contribution in [0.4, 0.5) is 11.5 Å². The highest BCUT2D eigenvalue weighted by atomic mass is 16.5. The van der Waals surface area contributed by atoms with Gasteiger partial charge in [0, 0.05) is 43.6 Å². The Morgan fingerprint density at radius 1 is 0.780 bits per heavy atom. The molecule has 1 aromatic heterocycles. The third-order valence-electron chi connectivity index (χ3n) is 7.98. The van der Waals surface area contributed by atoms with E-state index in [-0.39, 0.29) is 11.8 Å². The van der Waals surface area contributed by atoms with E-state index in [1.54, 1.807) is 25.3 Å². The van der Waals surface area contributed by atoms with Crippen LogP contribution in [0.1, 0.15) is 33.4 Å². The molecular formula is C33H32N4O4. The summed E-state index contributed by atoms with van der Waals surface area (Å²) in [6, 6.07) is 27.9. The van der Waals surface area contributed by atoms with Gasteiger partial charge < -0.3 is 19.3 Å². The number of aromatic nitrogens is 1. The van der Waals surface area contributed by atoms with Gasteiger partial charge in [-0.25, -0.2) is 4.98 Å². The maximum absolute atomic E-state index is 14.6. The number of carbonyl (C=O) groups excluding carboxylic acids is 2. The van der Waals surface area contributed by atoms with E-state index in [4.69, 9.17) is 9.47 Å². The van der Waals surface area contributed by atoms with Gasteiger partial charge in [0.05, 0.1) is 26.2 Å². The summed E-state index contributed by atoms with van der Waals surface area (Å²) in [5.74, 6) is 1.58. The van der Waals surface area contributed by atoms with Crippen molar-refractivity contribution in [3.05, 3.63) is 114 Å². The number of carbonyl (C=O) groups is 2. The molecule has 2 aliphatic heterocycles. The lowest BCUT2D eigenvalue weighted by Gasteiger charge is -2.44. The zero-order chi connectivity index (χ0) is 28.3. The van der Waals surface area contributed by atoms with E-state index in [0.717, 1.165) is 16.9 Å². The largest absolute Gasteiger partial charge is 0.497 e. The first-order valence-corrected chi connectivity index (χ1v) is 13.7. The first kappa shape index (κ1) is 26.4. The number of hydrogen-bond donors (Lipinski definition) is 0. The molecule has 2 amide bonds. The first-order valence-electron chi connectivity index (χ1n) is 13.7. The standard InChI is InChI=1S/C33H32N4O4/c1-40-25-14-10-23(11-15-25)31-30(33(39)36-21-19-35(20-22-36)29-9-5-6-18-34-29)27-7-3-4-8-28(27)32(38)37(31)24-12-16-26(41-2)17-13-24/h3-18,30-31H,19-22H2,1-2H3/t30-,31-/m1/s1. The Morgan fingerprint density at radius 2 is 1.41 bits per heavy atom. The van der Waals surface area contributed by atoms with E-state index in [9.17, 15) is 9.59 Å². The minimum Gasteiger partial charge on any atom is -0.497 e. The van der Waals surface area contributed by atoms with Crippen molar-refractivity contribution >= 4 is 23.3 Å². The maximum Gasteiger partial charge on any atom is 0.259 e. The molecule has 0 unspecified atom stereocenters. The highest BCUT2D eigenvalue weighted by Gasteiger charge is 2.46. The Hall–Kier alpha value is -4.85. The van der Waals surface area contributed by atoms with Crippen molar-refractivity contribution < 1.29 is 19.1 Å². The van der Waals surface area contributed by atoms with Crippen LogP contribution in [0.2, 0.25) is 0 Å². The lowest BCUT2D eigenvalue weighted by molar-refractivity contribution is -0.133. The Balaban J connectivity index is 1.41. The van der Waals surface area contributed by atoms with Gasteiger partial charge in [-0.1, -0.05) is 36.4 Å².